The highest BCUT2D eigenvalue weighted by atomic mass is 14.7. The molecular weight excluding hydrogens is 565 g/mol. The van der Waals surface area contributed by atoms with Gasteiger partial charge in [-0.2, -0.15) is 0 Å². The van der Waals surface area contributed by atoms with E-state index < -0.39 is 0 Å². The zero-order valence-electron chi connectivity index (χ0n) is 26.4. The molecule has 1 spiro atoms. The van der Waals surface area contributed by atoms with Crippen molar-refractivity contribution in [3.05, 3.63) is 136 Å². The fourth-order valence-electron chi connectivity index (χ4n) is 17.8. The van der Waals surface area contributed by atoms with Gasteiger partial charge in [0, 0.05) is 35.0 Å². The highest BCUT2D eigenvalue weighted by molar-refractivity contribution is 6.11. The SMILES string of the molecule is C1=C2C=C3Cc4cc5c6c7c4C4=C8C9C(=C%10C%11=C%12C(=CC%13Cc%14cc(c-6c6c%14C(=C(C%119)C6C87)C%12%13)C5)C5CC6CCCCC6CC1%105)C2=C34. The first kappa shape index (κ1) is 21.4. The number of rotatable bonds is 0. The molecule has 0 heteroatoms. The average Bonchev–Trinajstić information content (AvgIpc) is 3.90. The zero-order valence-corrected chi connectivity index (χ0v) is 26.4. The van der Waals surface area contributed by atoms with Crippen LogP contribution in [0.2, 0.25) is 0 Å². The summed E-state index contributed by atoms with van der Waals surface area (Å²) < 4.78 is 0. The van der Waals surface area contributed by atoms with Crippen molar-refractivity contribution >= 4 is 11.1 Å². The van der Waals surface area contributed by atoms with Crippen LogP contribution >= 0.6 is 0 Å². The van der Waals surface area contributed by atoms with E-state index in [2.05, 4.69) is 30.4 Å². The molecule has 0 N–H and O–H groups in total. The van der Waals surface area contributed by atoms with E-state index in [-0.39, 0.29) is 5.41 Å². The molecule has 3 fully saturated rings. The molecule has 0 nitrogen and oxygen atoms in total. The molecule has 2 aromatic carbocycles. The van der Waals surface area contributed by atoms with Crippen LogP contribution in [-0.4, -0.2) is 0 Å². The van der Waals surface area contributed by atoms with Crippen molar-refractivity contribution in [2.24, 2.45) is 46.8 Å². The van der Waals surface area contributed by atoms with Crippen molar-refractivity contribution in [1.82, 2.24) is 0 Å². The Balaban J connectivity index is 1.11. The third-order valence-corrected chi connectivity index (χ3v) is 18.3. The Hall–Kier alpha value is -3.64. The predicted octanol–water partition coefficient (Wildman–Crippen LogP) is 9.53. The molecular formula is C47H32. The standard InChI is InChI=1S/C47H32/c1-2-4-16-13-47-14-23-10-21-8-19-6-17-5-18-7-20-9-22-11-24(25(47)12-15(16)3-1)33-29(22)37-31(20)35-27(18)26(17)34-30(19)36-28(21)32(23)44-42-40(36)38(34)39(35)41(37)43(42)45(33)46(44)47/h6-7,10-11,14-16,22,25,29,38-39,42-43H,1-5,8-9,12-13H2. The lowest BCUT2D eigenvalue weighted by Gasteiger charge is -2.57. The van der Waals surface area contributed by atoms with Gasteiger partial charge in [-0.1, -0.05) is 56.0 Å². The number of hydrogen-bond donors (Lipinski definition) is 0. The van der Waals surface area contributed by atoms with Crippen LogP contribution in [0.25, 0.3) is 22.3 Å². The molecule has 0 amide bonds. The van der Waals surface area contributed by atoms with Gasteiger partial charge in [-0.3, -0.25) is 0 Å². The van der Waals surface area contributed by atoms with Crippen LogP contribution in [-0.2, 0) is 19.3 Å². The van der Waals surface area contributed by atoms with Gasteiger partial charge >= 0.3 is 0 Å². The van der Waals surface area contributed by atoms with Crippen molar-refractivity contribution < 1.29 is 0 Å². The Bertz CT molecular complexity index is 2640. The third-order valence-electron chi connectivity index (χ3n) is 18.3. The first-order chi connectivity index (χ1) is 23.3. The molecule has 18 rings (SSSR count). The largest absolute Gasteiger partial charge is 0.0763 e. The molecule has 0 heterocycles. The molecule has 0 aromatic heterocycles. The molecule has 0 saturated heterocycles. The Labute approximate surface area is 274 Å². The van der Waals surface area contributed by atoms with Crippen LogP contribution < -0.4 is 0 Å². The maximum atomic E-state index is 3.00. The highest BCUT2D eigenvalue weighted by Gasteiger charge is 2.72. The summed E-state index contributed by atoms with van der Waals surface area (Å²) in [5, 5.41) is 0. The summed E-state index contributed by atoms with van der Waals surface area (Å²) in [6.45, 7) is 0. The van der Waals surface area contributed by atoms with Crippen LogP contribution in [0.3, 0.4) is 0 Å². The lowest BCUT2D eigenvalue weighted by molar-refractivity contribution is 0.0675. The van der Waals surface area contributed by atoms with Gasteiger partial charge in [-0.05, 0) is 184 Å². The first-order valence-electron chi connectivity index (χ1n) is 19.5. The number of fused-ring (bicyclic) bond motifs is 2. The lowest BCUT2D eigenvalue weighted by atomic mass is 9.46. The fraction of sp³-hybridized carbons (Fsp3) is 0.404. The van der Waals surface area contributed by atoms with E-state index in [9.17, 15) is 0 Å². The van der Waals surface area contributed by atoms with Gasteiger partial charge in [0.2, 0.25) is 0 Å². The minimum atomic E-state index is 0.233. The number of hydrogen-bond acceptors (Lipinski definition) is 0. The predicted molar refractivity (Wildman–Crippen MR) is 181 cm³/mol. The van der Waals surface area contributed by atoms with Gasteiger partial charge in [0.25, 0.3) is 0 Å². The minimum absolute atomic E-state index is 0.233. The van der Waals surface area contributed by atoms with E-state index in [4.69, 9.17) is 0 Å². The maximum absolute atomic E-state index is 3.00. The van der Waals surface area contributed by atoms with Crippen molar-refractivity contribution in [2.75, 3.05) is 0 Å². The molecule has 16 aliphatic rings. The molecule has 3 saturated carbocycles. The molecule has 0 bridgehead atoms. The second-order valence-electron chi connectivity index (χ2n) is 19.1. The summed E-state index contributed by atoms with van der Waals surface area (Å²) in [7, 11) is 0. The topological polar surface area (TPSA) is 0 Å². The van der Waals surface area contributed by atoms with Gasteiger partial charge in [0.1, 0.15) is 0 Å². The van der Waals surface area contributed by atoms with E-state index in [0.29, 0.717) is 41.4 Å². The first-order valence-corrected chi connectivity index (χ1v) is 19.5. The normalized spacial score (nSPS) is 44.5. The van der Waals surface area contributed by atoms with E-state index in [1.165, 1.54) is 51.4 Å². The zero-order chi connectivity index (χ0) is 28.9. The summed E-state index contributed by atoms with van der Waals surface area (Å²) in [6.07, 6.45) is 21.2. The van der Waals surface area contributed by atoms with Crippen molar-refractivity contribution in [3.8, 4) is 11.1 Å². The molecule has 10 unspecified atom stereocenters. The highest BCUT2D eigenvalue weighted by Crippen LogP contribution is 2.85. The molecule has 2 aromatic rings. The van der Waals surface area contributed by atoms with Crippen LogP contribution in [0.1, 0.15) is 94.9 Å². The third kappa shape index (κ3) is 1.64. The van der Waals surface area contributed by atoms with Gasteiger partial charge in [-0.25, -0.2) is 0 Å². The molecule has 0 radical (unpaired) electrons. The summed E-state index contributed by atoms with van der Waals surface area (Å²) in [5.74, 6) is 6.39. The molecule has 16 aliphatic carbocycles. The summed E-state index contributed by atoms with van der Waals surface area (Å²) in [5.41, 5.74) is 42.0. The van der Waals surface area contributed by atoms with Gasteiger partial charge in [-0.15, -0.1) is 0 Å². The van der Waals surface area contributed by atoms with E-state index in [1.807, 2.05) is 61.3 Å². The van der Waals surface area contributed by atoms with Crippen LogP contribution in [0.4, 0.5) is 0 Å². The van der Waals surface area contributed by atoms with E-state index >= 15 is 0 Å². The van der Waals surface area contributed by atoms with E-state index in [1.54, 1.807) is 66.8 Å². The number of benzene rings is 2. The van der Waals surface area contributed by atoms with Crippen LogP contribution in [0, 0.1) is 46.8 Å². The van der Waals surface area contributed by atoms with Gasteiger partial charge in [0.05, 0.1) is 0 Å². The summed E-state index contributed by atoms with van der Waals surface area (Å²) in [4.78, 5) is 0. The molecule has 220 valence electrons. The Morgan fingerprint density at radius 2 is 1.45 bits per heavy atom. The monoisotopic (exact) mass is 596 g/mol. The Morgan fingerprint density at radius 3 is 2.38 bits per heavy atom. The van der Waals surface area contributed by atoms with Crippen LogP contribution in [0.15, 0.2) is 91.7 Å². The maximum Gasteiger partial charge on any atom is 0.0218 e. The summed E-state index contributed by atoms with van der Waals surface area (Å²) >= 11 is 0. The number of allylic oxidation sites excluding steroid dienone is 16. The average molecular weight is 597 g/mol. The second-order valence-corrected chi connectivity index (χ2v) is 19.1. The smallest absolute Gasteiger partial charge is 0.0218 e. The van der Waals surface area contributed by atoms with E-state index in [0.717, 1.165) is 18.3 Å². The van der Waals surface area contributed by atoms with Crippen LogP contribution in [0.5, 0.6) is 0 Å². The minimum Gasteiger partial charge on any atom is -0.0763 e. The summed E-state index contributed by atoms with van der Waals surface area (Å²) in [6, 6.07) is 5.51. The molecule has 47 heavy (non-hydrogen) atoms. The Kier molecular flexibility index (Phi) is 2.61. The Morgan fingerprint density at radius 1 is 0.638 bits per heavy atom. The van der Waals surface area contributed by atoms with Gasteiger partial charge < -0.3 is 0 Å². The van der Waals surface area contributed by atoms with Gasteiger partial charge in [0.15, 0.2) is 0 Å². The van der Waals surface area contributed by atoms with Crippen molar-refractivity contribution in [1.29, 1.82) is 0 Å². The lowest BCUT2D eigenvalue weighted by Crippen LogP contribution is -2.47. The molecule has 10 atom stereocenters. The second kappa shape index (κ2) is 5.74. The fourth-order valence-corrected chi connectivity index (χ4v) is 17.8. The van der Waals surface area contributed by atoms with Crippen molar-refractivity contribution in [2.45, 2.75) is 69.6 Å². The quantitative estimate of drug-likeness (QED) is 0.242. The van der Waals surface area contributed by atoms with Crippen molar-refractivity contribution in [3.63, 3.8) is 0 Å². The molecule has 0 aliphatic heterocycles.